The maximum atomic E-state index is 12.3. The molecule has 0 spiro atoms. The summed E-state index contributed by atoms with van der Waals surface area (Å²) in [6.07, 6.45) is 1.00. The highest BCUT2D eigenvalue weighted by Crippen LogP contribution is 2.27. The second-order valence-corrected chi connectivity index (χ2v) is 7.73. The molecule has 0 aliphatic carbocycles. The van der Waals surface area contributed by atoms with E-state index >= 15 is 0 Å². The summed E-state index contributed by atoms with van der Waals surface area (Å²) in [5, 5.41) is 5.83. The Labute approximate surface area is 157 Å². The molecule has 0 bridgehead atoms. The Kier molecular flexibility index (Phi) is 5.19. The summed E-state index contributed by atoms with van der Waals surface area (Å²) < 4.78 is 5.41. The van der Waals surface area contributed by atoms with Gasteiger partial charge in [0.15, 0.2) is 22.8 Å². The Morgan fingerprint density at radius 3 is 2.96 bits per heavy atom. The monoisotopic (exact) mass is 390 g/mol. The molecule has 0 unspecified atom stereocenters. The van der Waals surface area contributed by atoms with Crippen molar-refractivity contribution in [1.82, 2.24) is 15.0 Å². The molecule has 3 aromatic rings. The number of esters is 1. The number of nitrogens with zero attached hydrogens (tertiary/aromatic N) is 2. The number of ether oxygens (including phenoxy) is 1. The van der Waals surface area contributed by atoms with Crippen LogP contribution in [0.25, 0.3) is 10.2 Å². The van der Waals surface area contributed by atoms with E-state index in [1.165, 1.54) is 22.7 Å². The minimum absolute atomic E-state index is 0.208. The number of aromatic amines is 1. The molecule has 0 aromatic carbocycles. The van der Waals surface area contributed by atoms with E-state index in [4.69, 9.17) is 4.74 Å². The summed E-state index contributed by atoms with van der Waals surface area (Å²) in [5.41, 5.74) is 0.913. The van der Waals surface area contributed by atoms with Crippen LogP contribution in [0.15, 0.2) is 22.8 Å². The van der Waals surface area contributed by atoms with Gasteiger partial charge in [0, 0.05) is 16.8 Å². The highest BCUT2D eigenvalue weighted by molar-refractivity contribution is 7.18. The molecule has 9 heteroatoms. The van der Waals surface area contributed by atoms with E-state index in [1.807, 2.05) is 13.8 Å². The number of aryl methyl sites for hydroxylation is 2. The molecule has 0 aliphatic rings. The largest absolute Gasteiger partial charge is 0.450 e. The first kappa shape index (κ1) is 18.3. The Morgan fingerprint density at radius 1 is 1.46 bits per heavy atom. The average molecular weight is 390 g/mol. The summed E-state index contributed by atoms with van der Waals surface area (Å²) in [4.78, 5) is 37.7. The van der Waals surface area contributed by atoms with Gasteiger partial charge >= 0.3 is 5.97 Å². The van der Waals surface area contributed by atoms with Crippen molar-refractivity contribution in [2.45, 2.75) is 26.9 Å². The quantitative estimate of drug-likeness (QED) is 0.493. The summed E-state index contributed by atoms with van der Waals surface area (Å²) in [6, 6.07) is 0. The number of aromatic nitrogens is 3. The lowest BCUT2D eigenvalue weighted by atomic mass is 10.2. The number of thiazole rings is 1. The number of hydrogen-bond acceptors (Lipinski definition) is 8. The van der Waals surface area contributed by atoms with E-state index in [-0.39, 0.29) is 11.3 Å². The van der Waals surface area contributed by atoms with Gasteiger partial charge in [-0.3, -0.25) is 4.79 Å². The standard InChI is InChI=1S/C17H18N4O3S2/c1-5-6-18-17-19-11(7-25-17)16(23)24-9(3)13-20-14(22)12-8(2)10(4)26-15(12)21-13/h5,7,9H,1,6H2,2-4H3,(H,18,19)(H,20,21,22)/t9-/m1/s1. The van der Waals surface area contributed by atoms with Crippen LogP contribution in [0.5, 0.6) is 0 Å². The molecule has 2 N–H and O–H groups in total. The minimum atomic E-state index is -0.700. The van der Waals surface area contributed by atoms with Crippen molar-refractivity contribution in [2.75, 3.05) is 11.9 Å². The van der Waals surface area contributed by atoms with Crippen LogP contribution in [0.4, 0.5) is 5.13 Å². The van der Waals surface area contributed by atoms with E-state index in [9.17, 15) is 9.59 Å². The number of carbonyl (C=O) groups is 1. The van der Waals surface area contributed by atoms with Gasteiger partial charge in [0.05, 0.1) is 5.39 Å². The van der Waals surface area contributed by atoms with Crippen LogP contribution in [-0.2, 0) is 4.74 Å². The van der Waals surface area contributed by atoms with Crippen LogP contribution in [0.2, 0.25) is 0 Å². The van der Waals surface area contributed by atoms with Gasteiger partial charge in [-0.2, -0.15) is 0 Å². The van der Waals surface area contributed by atoms with Crippen LogP contribution in [0.1, 0.15) is 39.8 Å². The third kappa shape index (κ3) is 3.54. The highest BCUT2D eigenvalue weighted by atomic mass is 32.1. The van der Waals surface area contributed by atoms with Crippen LogP contribution >= 0.6 is 22.7 Å². The maximum absolute atomic E-state index is 12.3. The number of nitrogens with one attached hydrogen (secondary N) is 2. The SMILES string of the molecule is C=CCNc1nc(C(=O)O[C@H](C)c2nc3sc(C)c(C)c3c(=O)[nH]2)cs1. The topological polar surface area (TPSA) is 97.0 Å². The first-order chi connectivity index (χ1) is 12.4. The lowest BCUT2D eigenvalue weighted by molar-refractivity contribution is 0.0314. The van der Waals surface area contributed by atoms with E-state index in [2.05, 4.69) is 26.8 Å². The summed E-state index contributed by atoms with van der Waals surface area (Å²) in [5.74, 6) is -0.251. The molecule has 26 heavy (non-hydrogen) atoms. The predicted octanol–water partition coefficient (Wildman–Crippen LogP) is 3.57. The third-order valence-corrected chi connectivity index (χ3v) is 5.74. The van der Waals surface area contributed by atoms with Gasteiger partial charge in [-0.25, -0.2) is 14.8 Å². The van der Waals surface area contributed by atoms with Gasteiger partial charge in [0.25, 0.3) is 5.56 Å². The molecule has 136 valence electrons. The number of fused-ring (bicyclic) bond motifs is 1. The van der Waals surface area contributed by atoms with Crippen LogP contribution in [0, 0.1) is 13.8 Å². The Balaban J connectivity index is 1.79. The number of carbonyl (C=O) groups excluding carboxylic acids is 1. The number of rotatable bonds is 6. The molecule has 1 atom stereocenters. The van der Waals surface area contributed by atoms with E-state index < -0.39 is 12.1 Å². The van der Waals surface area contributed by atoms with Gasteiger partial charge in [-0.05, 0) is 26.3 Å². The molecule has 3 heterocycles. The van der Waals surface area contributed by atoms with Crippen molar-refractivity contribution >= 4 is 44.0 Å². The van der Waals surface area contributed by atoms with Crippen molar-refractivity contribution in [3.8, 4) is 0 Å². The van der Waals surface area contributed by atoms with Crippen LogP contribution < -0.4 is 10.9 Å². The van der Waals surface area contributed by atoms with Crippen molar-refractivity contribution in [2.24, 2.45) is 0 Å². The molecule has 0 radical (unpaired) electrons. The molecule has 7 nitrogen and oxygen atoms in total. The molecular weight excluding hydrogens is 372 g/mol. The predicted molar refractivity (Wildman–Crippen MR) is 104 cm³/mol. The van der Waals surface area contributed by atoms with Crippen molar-refractivity contribution in [3.63, 3.8) is 0 Å². The zero-order valence-corrected chi connectivity index (χ0v) is 16.2. The molecule has 0 saturated heterocycles. The fourth-order valence-corrected chi connectivity index (χ4v) is 4.08. The zero-order valence-electron chi connectivity index (χ0n) is 14.6. The van der Waals surface area contributed by atoms with E-state index in [0.717, 1.165) is 10.4 Å². The first-order valence-electron chi connectivity index (χ1n) is 7.92. The van der Waals surface area contributed by atoms with Gasteiger partial charge in [-0.1, -0.05) is 6.08 Å². The van der Waals surface area contributed by atoms with Gasteiger partial charge in [0.1, 0.15) is 4.83 Å². The number of thiophene rings is 1. The zero-order chi connectivity index (χ0) is 18.8. The molecule has 0 fully saturated rings. The molecule has 3 aromatic heterocycles. The van der Waals surface area contributed by atoms with E-state index in [1.54, 1.807) is 18.4 Å². The molecule has 3 rings (SSSR count). The Bertz CT molecular complexity index is 1030. The number of hydrogen-bond donors (Lipinski definition) is 2. The fraction of sp³-hybridized carbons (Fsp3) is 0.294. The lowest BCUT2D eigenvalue weighted by Gasteiger charge is -2.11. The van der Waals surface area contributed by atoms with Crippen LogP contribution in [-0.4, -0.2) is 27.5 Å². The molecule has 0 saturated carbocycles. The van der Waals surface area contributed by atoms with Crippen molar-refractivity contribution in [1.29, 1.82) is 0 Å². The fourth-order valence-electron chi connectivity index (χ4n) is 2.35. The van der Waals surface area contributed by atoms with Crippen molar-refractivity contribution in [3.05, 3.63) is 50.3 Å². The number of anilines is 1. The number of H-pyrrole nitrogens is 1. The maximum Gasteiger partial charge on any atom is 0.358 e. The van der Waals surface area contributed by atoms with Gasteiger partial charge < -0.3 is 15.0 Å². The Hall–Kier alpha value is -2.52. The lowest BCUT2D eigenvalue weighted by Crippen LogP contribution is -2.17. The summed E-state index contributed by atoms with van der Waals surface area (Å²) in [6.45, 7) is 9.68. The van der Waals surface area contributed by atoms with Crippen molar-refractivity contribution < 1.29 is 9.53 Å². The first-order valence-corrected chi connectivity index (χ1v) is 9.61. The van der Waals surface area contributed by atoms with Gasteiger partial charge in [-0.15, -0.1) is 29.3 Å². The van der Waals surface area contributed by atoms with Gasteiger partial charge in [0.2, 0.25) is 0 Å². The third-order valence-electron chi connectivity index (χ3n) is 3.84. The molecular formula is C17H18N4O3S2. The van der Waals surface area contributed by atoms with E-state index in [0.29, 0.717) is 27.7 Å². The molecule has 0 amide bonds. The van der Waals surface area contributed by atoms with Crippen LogP contribution in [0.3, 0.4) is 0 Å². The summed E-state index contributed by atoms with van der Waals surface area (Å²) >= 11 is 2.76. The minimum Gasteiger partial charge on any atom is -0.450 e. The second-order valence-electron chi connectivity index (χ2n) is 5.67. The normalized spacial score (nSPS) is 12.1. The molecule has 0 aliphatic heterocycles. The smallest absolute Gasteiger partial charge is 0.358 e. The second kappa shape index (κ2) is 7.38. The summed E-state index contributed by atoms with van der Waals surface area (Å²) in [7, 11) is 0. The Morgan fingerprint density at radius 2 is 2.23 bits per heavy atom. The average Bonchev–Trinajstić information content (AvgIpc) is 3.18. The highest BCUT2D eigenvalue weighted by Gasteiger charge is 2.20.